The van der Waals surface area contributed by atoms with Gasteiger partial charge in [0.05, 0.1) is 5.69 Å². The van der Waals surface area contributed by atoms with Crippen molar-refractivity contribution >= 4 is 0 Å². The molecule has 3 aliphatic heterocycles. The molecule has 0 amide bonds. The molecule has 5 rings (SSSR count). The first-order valence-electron chi connectivity index (χ1n) is 10.2. The third-order valence-electron chi connectivity index (χ3n) is 5.72. The average molecular weight is 370 g/mol. The monoisotopic (exact) mass is 370 g/mol. The molecule has 3 saturated heterocycles. The molecular formula is C25H26N2O. The highest BCUT2D eigenvalue weighted by Gasteiger charge is 2.44. The standard InChI is InChI=1S/C25H26N2O/c1-2-3-9-23-11-10-21(24(26-23)18-20-7-5-4-6-8-20)12-15-25(28)19-27-16-13-22(25)14-17-27/h4-8,10-11,22,28H,2,13-14,16-19H2,1H3. The summed E-state index contributed by atoms with van der Waals surface area (Å²) in [6.07, 6.45) is 3.58. The number of hydrogen-bond acceptors (Lipinski definition) is 3. The summed E-state index contributed by atoms with van der Waals surface area (Å²) in [5.74, 6) is 13.0. The predicted molar refractivity (Wildman–Crippen MR) is 112 cm³/mol. The second-order valence-electron chi connectivity index (χ2n) is 7.73. The van der Waals surface area contributed by atoms with Gasteiger partial charge in [-0.3, -0.25) is 4.90 Å². The number of rotatable bonds is 2. The Morgan fingerprint density at radius 2 is 1.89 bits per heavy atom. The smallest absolute Gasteiger partial charge is 0.141 e. The lowest BCUT2D eigenvalue weighted by molar-refractivity contribution is -0.0713. The molecule has 4 heterocycles. The predicted octanol–water partition coefficient (Wildman–Crippen LogP) is 3.24. The molecule has 3 heteroatoms. The summed E-state index contributed by atoms with van der Waals surface area (Å²) in [5, 5.41) is 11.1. The summed E-state index contributed by atoms with van der Waals surface area (Å²) >= 11 is 0. The number of aromatic nitrogens is 1. The molecule has 3 nitrogen and oxygen atoms in total. The zero-order valence-electron chi connectivity index (χ0n) is 16.4. The van der Waals surface area contributed by atoms with Crippen LogP contribution in [-0.4, -0.2) is 40.2 Å². The Kier molecular flexibility index (Phi) is 5.49. The van der Waals surface area contributed by atoms with Gasteiger partial charge in [0.25, 0.3) is 0 Å². The van der Waals surface area contributed by atoms with Gasteiger partial charge in [-0.25, -0.2) is 4.98 Å². The van der Waals surface area contributed by atoms with Crippen LogP contribution in [-0.2, 0) is 6.42 Å². The van der Waals surface area contributed by atoms with Crippen molar-refractivity contribution in [2.24, 2.45) is 5.92 Å². The lowest BCUT2D eigenvalue weighted by Crippen LogP contribution is -2.58. The van der Waals surface area contributed by atoms with Crippen LogP contribution in [0.15, 0.2) is 42.5 Å². The van der Waals surface area contributed by atoms with Crippen molar-refractivity contribution in [2.45, 2.75) is 38.2 Å². The van der Waals surface area contributed by atoms with Crippen molar-refractivity contribution in [3.63, 3.8) is 0 Å². The summed E-state index contributed by atoms with van der Waals surface area (Å²) in [7, 11) is 0. The molecule has 3 aliphatic rings. The first-order chi connectivity index (χ1) is 13.7. The summed E-state index contributed by atoms with van der Waals surface area (Å²) in [6, 6.07) is 14.2. The maximum atomic E-state index is 11.1. The fourth-order valence-electron chi connectivity index (χ4n) is 4.14. The van der Waals surface area contributed by atoms with E-state index < -0.39 is 5.60 Å². The van der Waals surface area contributed by atoms with Gasteiger partial charge in [-0.2, -0.15) is 0 Å². The Balaban J connectivity index is 1.66. The van der Waals surface area contributed by atoms with E-state index in [4.69, 9.17) is 4.98 Å². The normalized spacial score (nSPS) is 25.4. The van der Waals surface area contributed by atoms with Crippen LogP contribution in [0.5, 0.6) is 0 Å². The van der Waals surface area contributed by atoms with E-state index in [1.807, 2.05) is 37.3 Å². The molecule has 142 valence electrons. The van der Waals surface area contributed by atoms with Crippen molar-refractivity contribution in [3.8, 4) is 23.7 Å². The number of piperidine rings is 3. The molecular weight excluding hydrogens is 344 g/mol. The third kappa shape index (κ3) is 4.12. The van der Waals surface area contributed by atoms with Crippen LogP contribution in [0.1, 0.15) is 48.7 Å². The summed E-state index contributed by atoms with van der Waals surface area (Å²) in [6.45, 7) is 4.86. The van der Waals surface area contributed by atoms with E-state index in [1.54, 1.807) is 0 Å². The molecule has 3 fully saturated rings. The molecule has 0 saturated carbocycles. The fraction of sp³-hybridized carbons (Fsp3) is 0.400. The van der Waals surface area contributed by atoms with Crippen LogP contribution in [0.25, 0.3) is 0 Å². The van der Waals surface area contributed by atoms with E-state index >= 15 is 0 Å². The summed E-state index contributed by atoms with van der Waals surface area (Å²) in [5.41, 5.74) is 2.88. The van der Waals surface area contributed by atoms with E-state index in [1.165, 1.54) is 5.56 Å². The van der Waals surface area contributed by atoms with E-state index in [-0.39, 0.29) is 5.92 Å². The summed E-state index contributed by atoms with van der Waals surface area (Å²) < 4.78 is 0. The van der Waals surface area contributed by atoms with E-state index in [2.05, 4.69) is 40.7 Å². The zero-order valence-corrected chi connectivity index (χ0v) is 16.4. The van der Waals surface area contributed by atoms with Crippen molar-refractivity contribution in [3.05, 3.63) is 65.0 Å². The van der Waals surface area contributed by atoms with Gasteiger partial charge in [-0.15, -0.1) is 0 Å². The Hall–Kier alpha value is -2.59. The van der Waals surface area contributed by atoms with Crippen LogP contribution >= 0.6 is 0 Å². The molecule has 2 aromatic rings. The molecule has 1 N–H and O–H groups in total. The van der Waals surface area contributed by atoms with Gasteiger partial charge in [-0.05, 0) is 49.5 Å². The van der Waals surface area contributed by atoms with Crippen molar-refractivity contribution in [1.82, 2.24) is 9.88 Å². The lowest BCUT2D eigenvalue weighted by atomic mass is 9.75. The number of aliphatic hydroxyl groups is 1. The van der Waals surface area contributed by atoms with Crippen LogP contribution in [0, 0.1) is 29.6 Å². The highest BCUT2D eigenvalue weighted by molar-refractivity contribution is 5.45. The highest BCUT2D eigenvalue weighted by atomic mass is 16.3. The minimum Gasteiger partial charge on any atom is -0.376 e. The highest BCUT2D eigenvalue weighted by Crippen LogP contribution is 2.35. The third-order valence-corrected chi connectivity index (χ3v) is 5.72. The Morgan fingerprint density at radius 1 is 1.11 bits per heavy atom. The Labute approximate surface area is 167 Å². The van der Waals surface area contributed by atoms with Gasteiger partial charge in [0.15, 0.2) is 0 Å². The van der Waals surface area contributed by atoms with Crippen molar-refractivity contribution in [1.29, 1.82) is 0 Å². The SMILES string of the molecule is CCC#Cc1ccc(C#CC2(O)CN3CCC2CC3)c(Cc2ccccc2)n1. The molecule has 28 heavy (non-hydrogen) atoms. The second-order valence-corrected chi connectivity index (χ2v) is 7.73. The van der Waals surface area contributed by atoms with E-state index in [0.29, 0.717) is 13.0 Å². The molecule has 2 bridgehead atoms. The molecule has 1 unspecified atom stereocenters. The van der Waals surface area contributed by atoms with Crippen molar-refractivity contribution < 1.29 is 5.11 Å². The molecule has 0 aliphatic carbocycles. The molecule has 1 atom stereocenters. The first-order valence-corrected chi connectivity index (χ1v) is 10.2. The van der Waals surface area contributed by atoms with Gasteiger partial charge in [-0.1, -0.05) is 55.0 Å². The minimum atomic E-state index is -0.902. The van der Waals surface area contributed by atoms with Crippen LogP contribution < -0.4 is 0 Å². The van der Waals surface area contributed by atoms with Gasteiger partial charge >= 0.3 is 0 Å². The van der Waals surface area contributed by atoms with Crippen molar-refractivity contribution in [2.75, 3.05) is 19.6 Å². The van der Waals surface area contributed by atoms with Crippen LogP contribution in [0.2, 0.25) is 0 Å². The van der Waals surface area contributed by atoms with Gasteiger partial charge in [0, 0.05) is 30.9 Å². The maximum Gasteiger partial charge on any atom is 0.141 e. The second kappa shape index (κ2) is 8.19. The largest absolute Gasteiger partial charge is 0.376 e. The van der Waals surface area contributed by atoms with E-state index in [0.717, 1.165) is 49.3 Å². The fourth-order valence-corrected chi connectivity index (χ4v) is 4.14. The number of benzene rings is 1. The van der Waals surface area contributed by atoms with Gasteiger partial charge < -0.3 is 5.11 Å². The van der Waals surface area contributed by atoms with Crippen LogP contribution in [0.4, 0.5) is 0 Å². The zero-order chi connectivity index (χ0) is 19.4. The first kappa shape index (κ1) is 18.8. The quantitative estimate of drug-likeness (QED) is 0.825. The Bertz CT molecular complexity index is 953. The van der Waals surface area contributed by atoms with Crippen LogP contribution in [0.3, 0.4) is 0 Å². The lowest BCUT2D eigenvalue weighted by Gasteiger charge is -2.47. The molecule has 1 aromatic heterocycles. The van der Waals surface area contributed by atoms with Gasteiger partial charge in [0.1, 0.15) is 11.3 Å². The summed E-state index contributed by atoms with van der Waals surface area (Å²) in [4.78, 5) is 7.09. The minimum absolute atomic E-state index is 0.283. The maximum absolute atomic E-state index is 11.1. The topological polar surface area (TPSA) is 36.4 Å². The molecule has 0 spiro atoms. The van der Waals surface area contributed by atoms with E-state index in [9.17, 15) is 5.11 Å². The number of pyridine rings is 1. The number of nitrogens with zero attached hydrogens (tertiary/aromatic N) is 2. The molecule has 1 aromatic carbocycles. The number of fused-ring (bicyclic) bond motifs is 3. The Morgan fingerprint density at radius 3 is 2.57 bits per heavy atom. The average Bonchev–Trinajstić information content (AvgIpc) is 2.73. The molecule has 0 radical (unpaired) electrons. The van der Waals surface area contributed by atoms with Gasteiger partial charge in [0.2, 0.25) is 0 Å². The number of hydrogen-bond donors (Lipinski definition) is 1.